The SMILES string of the molecule is CC(=O)N(C)[N+]1(CCCOc2ccc(-c3ccc(C#N)cc3)cc2)CCCC1. The molecule has 0 aliphatic carbocycles. The van der Waals surface area contributed by atoms with Crippen LogP contribution in [0.4, 0.5) is 0 Å². The number of benzene rings is 2. The number of quaternary nitrogens is 1. The molecule has 0 spiro atoms. The van der Waals surface area contributed by atoms with E-state index in [0.717, 1.165) is 47.5 Å². The Hall–Kier alpha value is -2.84. The molecule has 28 heavy (non-hydrogen) atoms. The summed E-state index contributed by atoms with van der Waals surface area (Å²) in [6, 6.07) is 17.7. The summed E-state index contributed by atoms with van der Waals surface area (Å²) in [6.07, 6.45) is 3.26. The van der Waals surface area contributed by atoms with Crippen LogP contribution in [0.3, 0.4) is 0 Å². The lowest BCUT2D eigenvalue weighted by Crippen LogP contribution is -2.59. The van der Waals surface area contributed by atoms with Crippen LogP contribution in [0.25, 0.3) is 11.1 Å². The van der Waals surface area contributed by atoms with Crippen molar-refractivity contribution < 1.29 is 14.1 Å². The number of carbonyl (C=O) groups excluding carboxylic acids is 1. The minimum Gasteiger partial charge on any atom is -0.493 e. The van der Waals surface area contributed by atoms with Gasteiger partial charge < -0.3 is 4.74 Å². The van der Waals surface area contributed by atoms with E-state index in [1.54, 1.807) is 6.92 Å². The predicted molar refractivity (Wildman–Crippen MR) is 109 cm³/mol. The Morgan fingerprint density at radius 2 is 1.64 bits per heavy atom. The van der Waals surface area contributed by atoms with E-state index in [-0.39, 0.29) is 5.91 Å². The highest BCUT2D eigenvalue weighted by atomic mass is 16.5. The number of amides is 1. The summed E-state index contributed by atoms with van der Waals surface area (Å²) >= 11 is 0. The Labute approximate surface area is 167 Å². The molecule has 1 aliphatic rings. The first kappa shape index (κ1) is 19.9. The minimum atomic E-state index is 0.126. The van der Waals surface area contributed by atoms with E-state index in [9.17, 15) is 4.79 Å². The third-order valence-electron chi connectivity index (χ3n) is 5.68. The molecule has 0 radical (unpaired) electrons. The molecule has 0 saturated carbocycles. The smallest absolute Gasteiger partial charge is 0.264 e. The van der Waals surface area contributed by atoms with E-state index in [1.807, 2.05) is 60.6 Å². The summed E-state index contributed by atoms with van der Waals surface area (Å²) in [4.78, 5) is 11.8. The average Bonchev–Trinajstić information content (AvgIpc) is 3.21. The fraction of sp³-hybridized carbons (Fsp3) is 0.391. The van der Waals surface area contributed by atoms with Crippen molar-refractivity contribution in [2.75, 3.05) is 33.3 Å². The van der Waals surface area contributed by atoms with Gasteiger partial charge in [0.05, 0.1) is 25.3 Å². The largest absolute Gasteiger partial charge is 0.493 e. The zero-order valence-corrected chi connectivity index (χ0v) is 16.7. The molecule has 2 aromatic carbocycles. The quantitative estimate of drug-likeness (QED) is 0.541. The van der Waals surface area contributed by atoms with Gasteiger partial charge in [0, 0.05) is 26.2 Å². The normalized spacial score (nSPS) is 15.0. The summed E-state index contributed by atoms with van der Waals surface area (Å²) in [7, 11) is 1.91. The molecule has 5 nitrogen and oxygen atoms in total. The number of ether oxygens (including phenoxy) is 1. The predicted octanol–water partition coefficient (Wildman–Crippen LogP) is 4.00. The number of carbonyl (C=O) groups is 1. The van der Waals surface area contributed by atoms with Crippen molar-refractivity contribution in [3.8, 4) is 22.9 Å². The molecule has 1 fully saturated rings. The van der Waals surface area contributed by atoms with Crippen LogP contribution in [0.1, 0.15) is 31.7 Å². The van der Waals surface area contributed by atoms with Crippen LogP contribution in [-0.2, 0) is 4.79 Å². The van der Waals surface area contributed by atoms with Crippen molar-refractivity contribution in [2.24, 2.45) is 0 Å². The molecule has 1 heterocycles. The fourth-order valence-corrected chi connectivity index (χ4v) is 3.93. The second kappa shape index (κ2) is 8.90. The summed E-state index contributed by atoms with van der Waals surface area (Å²) in [5.74, 6) is 0.978. The summed E-state index contributed by atoms with van der Waals surface area (Å²) in [5.41, 5.74) is 2.84. The Bertz CT molecular complexity index is 832. The van der Waals surface area contributed by atoms with Gasteiger partial charge in [-0.25, -0.2) is 4.59 Å². The summed E-state index contributed by atoms with van der Waals surface area (Å²) in [6.45, 7) is 5.29. The van der Waals surface area contributed by atoms with Crippen molar-refractivity contribution in [3.05, 3.63) is 54.1 Å². The molecule has 1 saturated heterocycles. The molecule has 146 valence electrons. The monoisotopic (exact) mass is 378 g/mol. The van der Waals surface area contributed by atoms with E-state index in [4.69, 9.17) is 10.00 Å². The Morgan fingerprint density at radius 3 is 2.18 bits per heavy atom. The van der Waals surface area contributed by atoms with Crippen molar-refractivity contribution in [2.45, 2.75) is 26.2 Å². The van der Waals surface area contributed by atoms with E-state index in [2.05, 4.69) is 6.07 Å². The van der Waals surface area contributed by atoms with Crippen molar-refractivity contribution in [1.82, 2.24) is 5.01 Å². The van der Waals surface area contributed by atoms with Gasteiger partial charge in [-0.3, -0.25) is 4.79 Å². The lowest BCUT2D eigenvalue weighted by atomic mass is 10.0. The zero-order chi connectivity index (χ0) is 20.0. The topological polar surface area (TPSA) is 53.3 Å². The molecule has 0 N–H and O–H groups in total. The highest BCUT2D eigenvalue weighted by Gasteiger charge is 2.37. The average molecular weight is 378 g/mol. The van der Waals surface area contributed by atoms with Gasteiger partial charge >= 0.3 is 0 Å². The van der Waals surface area contributed by atoms with Gasteiger partial charge in [-0.05, 0) is 35.4 Å². The first-order chi connectivity index (χ1) is 13.5. The molecular weight excluding hydrogens is 350 g/mol. The van der Waals surface area contributed by atoms with Gasteiger partial charge in [-0.15, -0.1) is 0 Å². The zero-order valence-electron chi connectivity index (χ0n) is 16.7. The first-order valence-corrected chi connectivity index (χ1v) is 9.88. The molecule has 0 atom stereocenters. The second-order valence-electron chi connectivity index (χ2n) is 7.43. The van der Waals surface area contributed by atoms with Crippen LogP contribution < -0.4 is 4.74 Å². The van der Waals surface area contributed by atoms with E-state index in [0.29, 0.717) is 12.2 Å². The third kappa shape index (κ3) is 4.52. The highest BCUT2D eigenvalue weighted by molar-refractivity contribution is 5.71. The number of hydrogen-bond acceptors (Lipinski definition) is 3. The third-order valence-corrected chi connectivity index (χ3v) is 5.68. The van der Waals surface area contributed by atoms with Gasteiger partial charge in [0.25, 0.3) is 5.91 Å². The molecule has 1 amide bonds. The van der Waals surface area contributed by atoms with Gasteiger partial charge in [0.15, 0.2) is 0 Å². The Balaban J connectivity index is 1.52. The number of hydrogen-bond donors (Lipinski definition) is 0. The Kier molecular flexibility index (Phi) is 6.33. The highest BCUT2D eigenvalue weighted by Crippen LogP contribution is 2.24. The number of nitriles is 1. The van der Waals surface area contributed by atoms with E-state index in [1.165, 1.54) is 12.8 Å². The van der Waals surface area contributed by atoms with Gasteiger partial charge in [-0.2, -0.15) is 10.3 Å². The van der Waals surface area contributed by atoms with Crippen LogP contribution in [0.15, 0.2) is 48.5 Å². The molecule has 1 aliphatic heterocycles. The van der Waals surface area contributed by atoms with E-state index < -0.39 is 0 Å². The number of rotatable bonds is 7. The standard InChI is InChI=1S/C23H28N3O2/c1-19(27)25(2)26(14-3-4-15-26)16-5-17-28-23-12-10-22(11-13-23)21-8-6-20(18-24)7-9-21/h6-13H,3-5,14-17H2,1-2H3/q+1. The van der Waals surface area contributed by atoms with Crippen LogP contribution in [0, 0.1) is 11.3 Å². The molecule has 2 aromatic rings. The van der Waals surface area contributed by atoms with Crippen molar-refractivity contribution in [3.63, 3.8) is 0 Å². The summed E-state index contributed by atoms with van der Waals surface area (Å²) in [5, 5.41) is 10.8. The van der Waals surface area contributed by atoms with Gasteiger partial charge in [-0.1, -0.05) is 24.3 Å². The maximum Gasteiger partial charge on any atom is 0.264 e. The molecule has 3 rings (SSSR count). The van der Waals surface area contributed by atoms with Crippen molar-refractivity contribution in [1.29, 1.82) is 5.26 Å². The van der Waals surface area contributed by atoms with E-state index >= 15 is 0 Å². The van der Waals surface area contributed by atoms with Gasteiger partial charge in [0.2, 0.25) is 0 Å². The molecule has 5 heteroatoms. The lowest BCUT2D eigenvalue weighted by Gasteiger charge is -2.40. The van der Waals surface area contributed by atoms with Crippen LogP contribution >= 0.6 is 0 Å². The van der Waals surface area contributed by atoms with Gasteiger partial charge in [0.1, 0.15) is 25.4 Å². The Morgan fingerprint density at radius 1 is 1.07 bits per heavy atom. The molecular formula is C23H28N3O2+. The maximum atomic E-state index is 11.8. The minimum absolute atomic E-state index is 0.126. The van der Waals surface area contributed by atoms with Crippen LogP contribution in [0.2, 0.25) is 0 Å². The molecule has 0 bridgehead atoms. The molecule has 0 aromatic heterocycles. The molecule has 0 unspecified atom stereocenters. The number of likely N-dealkylation sites (tertiary alicyclic amines) is 1. The van der Waals surface area contributed by atoms with Crippen LogP contribution in [0.5, 0.6) is 5.75 Å². The number of nitrogens with zero attached hydrogens (tertiary/aromatic N) is 3. The first-order valence-electron chi connectivity index (χ1n) is 9.88. The van der Waals surface area contributed by atoms with Crippen molar-refractivity contribution >= 4 is 5.91 Å². The lowest BCUT2D eigenvalue weighted by molar-refractivity contribution is -1.01. The summed E-state index contributed by atoms with van der Waals surface area (Å²) < 4.78 is 6.68. The maximum absolute atomic E-state index is 11.8. The fourth-order valence-electron chi connectivity index (χ4n) is 3.93. The van der Waals surface area contributed by atoms with Crippen LogP contribution in [-0.4, -0.2) is 48.8 Å². The second-order valence-corrected chi connectivity index (χ2v) is 7.43.